The number of hydrogen-bond donors (Lipinski definition) is 1. The molecule has 1 amide bonds. The normalized spacial score (nSPS) is 31.1. The molecule has 0 aromatic heterocycles. The number of thioether (sulfide) groups is 1. The highest BCUT2D eigenvalue weighted by atomic mass is 32.2. The topological polar surface area (TPSA) is 32.3 Å². The van der Waals surface area contributed by atoms with Crippen LogP contribution in [0.15, 0.2) is 0 Å². The predicted molar refractivity (Wildman–Crippen MR) is 68.7 cm³/mol. The molecule has 2 atom stereocenters. The average Bonchev–Trinajstić information content (AvgIpc) is 2.81. The second-order valence-electron chi connectivity index (χ2n) is 5.09. The molecule has 3 nitrogen and oxygen atoms in total. The van der Waals surface area contributed by atoms with E-state index in [9.17, 15) is 4.79 Å². The molecule has 0 aromatic carbocycles. The van der Waals surface area contributed by atoms with Gasteiger partial charge in [0.1, 0.15) is 0 Å². The molecule has 0 radical (unpaired) electrons. The van der Waals surface area contributed by atoms with E-state index in [2.05, 4.69) is 24.1 Å². The van der Waals surface area contributed by atoms with Crippen LogP contribution in [0.25, 0.3) is 0 Å². The molecule has 0 aromatic rings. The van der Waals surface area contributed by atoms with E-state index >= 15 is 0 Å². The third-order valence-corrected chi connectivity index (χ3v) is 5.05. The first kappa shape index (κ1) is 12.2. The Kier molecular flexibility index (Phi) is 4.14. The molecule has 0 saturated carbocycles. The van der Waals surface area contributed by atoms with Gasteiger partial charge >= 0.3 is 0 Å². The van der Waals surface area contributed by atoms with Gasteiger partial charge in [-0.3, -0.25) is 4.79 Å². The fraction of sp³-hybridized carbons (Fsp3) is 0.917. The Hall–Kier alpha value is -0.220. The number of nitrogens with zero attached hydrogens (tertiary/aromatic N) is 1. The van der Waals surface area contributed by atoms with Crippen molar-refractivity contribution in [2.75, 3.05) is 25.4 Å². The number of amides is 1. The maximum absolute atomic E-state index is 12.2. The zero-order chi connectivity index (χ0) is 11.5. The molecule has 2 saturated heterocycles. The van der Waals surface area contributed by atoms with Crippen molar-refractivity contribution in [2.45, 2.75) is 38.0 Å². The SMILES string of the molecule is CC(C)C1CN(C(=O)C2CCCN2)CCS1. The number of hydrogen-bond acceptors (Lipinski definition) is 3. The van der Waals surface area contributed by atoms with Crippen LogP contribution in [0.3, 0.4) is 0 Å². The van der Waals surface area contributed by atoms with Crippen molar-refractivity contribution >= 4 is 17.7 Å². The Morgan fingerprint density at radius 2 is 2.31 bits per heavy atom. The molecule has 0 aliphatic carbocycles. The first-order chi connectivity index (χ1) is 7.68. The monoisotopic (exact) mass is 242 g/mol. The molecule has 2 unspecified atom stereocenters. The predicted octanol–water partition coefficient (Wildman–Crippen LogP) is 1.34. The minimum Gasteiger partial charge on any atom is -0.339 e. The lowest BCUT2D eigenvalue weighted by Gasteiger charge is -2.35. The average molecular weight is 242 g/mol. The van der Waals surface area contributed by atoms with Crippen LogP contribution in [0.5, 0.6) is 0 Å². The molecule has 4 heteroatoms. The van der Waals surface area contributed by atoms with Crippen LogP contribution in [0, 0.1) is 5.92 Å². The lowest BCUT2D eigenvalue weighted by atomic mass is 10.1. The highest BCUT2D eigenvalue weighted by Gasteiger charge is 2.31. The molecule has 16 heavy (non-hydrogen) atoms. The van der Waals surface area contributed by atoms with E-state index in [1.54, 1.807) is 0 Å². The van der Waals surface area contributed by atoms with Crippen molar-refractivity contribution in [2.24, 2.45) is 5.92 Å². The van der Waals surface area contributed by atoms with Gasteiger partial charge in [0.2, 0.25) is 5.91 Å². The second-order valence-corrected chi connectivity index (χ2v) is 6.43. The maximum Gasteiger partial charge on any atom is 0.239 e. The van der Waals surface area contributed by atoms with Crippen molar-refractivity contribution in [3.05, 3.63) is 0 Å². The summed E-state index contributed by atoms with van der Waals surface area (Å²) in [5.41, 5.74) is 0. The van der Waals surface area contributed by atoms with E-state index in [-0.39, 0.29) is 6.04 Å². The Morgan fingerprint density at radius 3 is 2.94 bits per heavy atom. The molecule has 2 rings (SSSR count). The summed E-state index contributed by atoms with van der Waals surface area (Å²) in [5.74, 6) is 2.10. The molecule has 2 fully saturated rings. The summed E-state index contributed by atoms with van der Waals surface area (Å²) in [6.45, 7) is 7.38. The van der Waals surface area contributed by atoms with E-state index in [0.717, 1.165) is 38.2 Å². The molecule has 2 aliphatic heterocycles. The summed E-state index contributed by atoms with van der Waals surface area (Å²) >= 11 is 2.02. The van der Waals surface area contributed by atoms with E-state index < -0.39 is 0 Å². The molecule has 2 heterocycles. The number of rotatable bonds is 2. The standard InChI is InChI=1S/C12H22N2OS/c1-9(2)11-8-14(6-7-16-11)12(15)10-4-3-5-13-10/h9-11,13H,3-8H2,1-2H3. The van der Waals surface area contributed by atoms with Crippen LogP contribution in [-0.2, 0) is 4.79 Å². The summed E-state index contributed by atoms with van der Waals surface area (Å²) in [5, 5.41) is 3.92. The zero-order valence-electron chi connectivity index (χ0n) is 10.2. The fourth-order valence-corrected chi connectivity index (χ4v) is 3.69. The van der Waals surface area contributed by atoms with Gasteiger partial charge in [0.05, 0.1) is 6.04 Å². The van der Waals surface area contributed by atoms with E-state index in [4.69, 9.17) is 0 Å². The van der Waals surface area contributed by atoms with Crippen molar-refractivity contribution < 1.29 is 4.79 Å². The molecular formula is C12H22N2OS. The summed E-state index contributed by atoms with van der Waals surface area (Å²) in [7, 11) is 0. The minimum atomic E-state index is 0.107. The fourth-order valence-electron chi connectivity index (χ4n) is 2.39. The van der Waals surface area contributed by atoms with Gasteiger partial charge in [-0.25, -0.2) is 0 Å². The number of carbonyl (C=O) groups is 1. The highest BCUT2D eigenvalue weighted by molar-refractivity contribution is 8.00. The van der Waals surface area contributed by atoms with E-state index in [1.807, 2.05) is 11.8 Å². The van der Waals surface area contributed by atoms with Crippen LogP contribution in [-0.4, -0.2) is 47.5 Å². The summed E-state index contributed by atoms with van der Waals surface area (Å²) < 4.78 is 0. The molecule has 1 N–H and O–H groups in total. The van der Waals surface area contributed by atoms with Crippen molar-refractivity contribution in [1.82, 2.24) is 10.2 Å². The smallest absolute Gasteiger partial charge is 0.239 e. The van der Waals surface area contributed by atoms with Crippen molar-refractivity contribution in [3.8, 4) is 0 Å². The van der Waals surface area contributed by atoms with Gasteiger partial charge in [-0.05, 0) is 25.3 Å². The van der Waals surface area contributed by atoms with Gasteiger partial charge in [-0.2, -0.15) is 11.8 Å². The summed E-state index contributed by atoms with van der Waals surface area (Å²) in [6.07, 6.45) is 2.17. The summed E-state index contributed by atoms with van der Waals surface area (Å²) in [6, 6.07) is 0.107. The Morgan fingerprint density at radius 1 is 1.50 bits per heavy atom. The van der Waals surface area contributed by atoms with Gasteiger partial charge in [0, 0.05) is 24.1 Å². The van der Waals surface area contributed by atoms with Crippen LogP contribution in [0.1, 0.15) is 26.7 Å². The van der Waals surface area contributed by atoms with Gasteiger partial charge in [0.15, 0.2) is 0 Å². The molecule has 92 valence electrons. The first-order valence-corrected chi connectivity index (χ1v) is 7.37. The van der Waals surface area contributed by atoms with Gasteiger partial charge in [-0.15, -0.1) is 0 Å². The Bertz CT molecular complexity index is 251. The van der Waals surface area contributed by atoms with Crippen LogP contribution >= 0.6 is 11.8 Å². The molecule has 2 aliphatic rings. The van der Waals surface area contributed by atoms with E-state index in [1.165, 1.54) is 0 Å². The van der Waals surface area contributed by atoms with Crippen LogP contribution in [0.4, 0.5) is 0 Å². The highest BCUT2D eigenvalue weighted by Crippen LogP contribution is 2.25. The number of carbonyl (C=O) groups excluding carboxylic acids is 1. The zero-order valence-corrected chi connectivity index (χ0v) is 11.1. The minimum absolute atomic E-state index is 0.107. The van der Waals surface area contributed by atoms with Crippen molar-refractivity contribution in [1.29, 1.82) is 0 Å². The van der Waals surface area contributed by atoms with Gasteiger partial charge in [-0.1, -0.05) is 13.8 Å². The lowest BCUT2D eigenvalue weighted by Crippen LogP contribution is -2.49. The summed E-state index contributed by atoms with van der Waals surface area (Å²) in [4.78, 5) is 14.3. The number of nitrogens with one attached hydrogen (secondary N) is 1. The lowest BCUT2D eigenvalue weighted by molar-refractivity contribution is -0.133. The third kappa shape index (κ3) is 2.72. The Balaban J connectivity index is 1.90. The van der Waals surface area contributed by atoms with Crippen LogP contribution < -0.4 is 5.32 Å². The molecule has 0 spiro atoms. The van der Waals surface area contributed by atoms with Crippen molar-refractivity contribution in [3.63, 3.8) is 0 Å². The second kappa shape index (κ2) is 5.41. The van der Waals surface area contributed by atoms with Crippen LogP contribution in [0.2, 0.25) is 0 Å². The first-order valence-electron chi connectivity index (χ1n) is 6.32. The maximum atomic E-state index is 12.2. The largest absolute Gasteiger partial charge is 0.339 e. The van der Waals surface area contributed by atoms with Gasteiger partial charge < -0.3 is 10.2 Å². The quantitative estimate of drug-likeness (QED) is 0.793. The third-order valence-electron chi connectivity index (χ3n) is 3.51. The Labute approximate surface area is 102 Å². The van der Waals surface area contributed by atoms with E-state index in [0.29, 0.717) is 17.1 Å². The molecule has 0 bridgehead atoms. The van der Waals surface area contributed by atoms with Gasteiger partial charge in [0.25, 0.3) is 0 Å². The molecular weight excluding hydrogens is 220 g/mol.